The van der Waals surface area contributed by atoms with Crippen molar-refractivity contribution in [1.29, 1.82) is 0 Å². The lowest BCUT2D eigenvalue weighted by Crippen LogP contribution is -2.26. The van der Waals surface area contributed by atoms with Crippen molar-refractivity contribution in [3.05, 3.63) is 24.3 Å². The van der Waals surface area contributed by atoms with Crippen LogP contribution in [-0.2, 0) is 9.53 Å². The molecule has 0 spiro atoms. The van der Waals surface area contributed by atoms with Gasteiger partial charge in [-0.15, -0.1) is 0 Å². The molecule has 2 N–H and O–H groups in total. The molecule has 2 saturated heterocycles. The molecule has 4 nitrogen and oxygen atoms in total. The highest BCUT2D eigenvalue weighted by atomic mass is 16.5. The molecular weight excluding hydrogens is 316 g/mol. The zero-order chi connectivity index (χ0) is 17.6. The number of rotatable bonds is 9. The van der Waals surface area contributed by atoms with E-state index in [2.05, 4.69) is 18.2 Å². The molecule has 0 radical (unpaired) electrons. The quantitative estimate of drug-likeness (QED) is 0.486. The first-order chi connectivity index (χ1) is 12.1. The summed E-state index contributed by atoms with van der Waals surface area (Å²) in [5, 5.41) is 19.1. The van der Waals surface area contributed by atoms with Gasteiger partial charge in [0.15, 0.2) is 0 Å². The zero-order valence-corrected chi connectivity index (χ0v) is 15.1. The number of fused-ring (bicyclic) bond motifs is 2. The number of hydrogen-bond acceptors (Lipinski definition) is 3. The summed E-state index contributed by atoms with van der Waals surface area (Å²) in [6.45, 7) is 0. The Morgan fingerprint density at radius 3 is 2.64 bits per heavy atom. The number of aliphatic hydroxyl groups excluding tert-OH is 1. The Kier molecular flexibility index (Phi) is 6.71. The number of carbonyl (C=O) groups is 1. The van der Waals surface area contributed by atoms with Gasteiger partial charge in [0.1, 0.15) is 0 Å². The highest BCUT2D eigenvalue weighted by molar-refractivity contribution is 5.66. The van der Waals surface area contributed by atoms with Crippen LogP contribution in [0.25, 0.3) is 0 Å². The molecule has 2 bridgehead atoms. The van der Waals surface area contributed by atoms with Crippen LogP contribution in [0.3, 0.4) is 0 Å². The van der Waals surface area contributed by atoms with Crippen molar-refractivity contribution >= 4 is 5.97 Å². The number of carboxylic acid groups (broad SMARTS) is 1. The smallest absolute Gasteiger partial charge is 0.303 e. The predicted molar refractivity (Wildman–Crippen MR) is 97.2 cm³/mol. The maximum absolute atomic E-state index is 10.5. The fraction of sp³-hybridized carbons (Fsp3) is 0.762. The van der Waals surface area contributed by atoms with E-state index in [1.54, 1.807) is 0 Å². The van der Waals surface area contributed by atoms with Crippen molar-refractivity contribution < 1.29 is 19.7 Å². The van der Waals surface area contributed by atoms with Crippen molar-refractivity contribution in [3.63, 3.8) is 0 Å². The largest absolute Gasteiger partial charge is 0.481 e. The fourth-order valence-electron chi connectivity index (χ4n) is 4.83. The average molecular weight is 348 g/mol. The minimum Gasteiger partial charge on any atom is -0.481 e. The van der Waals surface area contributed by atoms with Crippen LogP contribution in [0.1, 0.15) is 64.2 Å². The van der Waals surface area contributed by atoms with Crippen LogP contribution >= 0.6 is 0 Å². The molecule has 2 heterocycles. The van der Waals surface area contributed by atoms with Gasteiger partial charge in [-0.25, -0.2) is 0 Å². The Morgan fingerprint density at radius 1 is 1.12 bits per heavy atom. The highest BCUT2D eigenvalue weighted by Crippen LogP contribution is 2.46. The van der Waals surface area contributed by atoms with Crippen LogP contribution in [0.15, 0.2) is 24.3 Å². The first-order valence-corrected chi connectivity index (χ1v) is 10.0. The minimum absolute atomic E-state index is 0.242. The average Bonchev–Trinajstić information content (AvgIpc) is 3.32. The van der Waals surface area contributed by atoms with Gasteiger partial charge in [-0.1, -0.05) is 37.1 Å². The maximum Gasteiger partial charge on any atom is 0.303 e. The van der Waals surface area contributed by atoms with Gasteiger partial charge in [-0.3, -0.25) is 4.79 Å². The second-order valence-electron chi connectivity index (χ2n) is 7.94. The number of ether oxygens (including phenoxy) is 1. The first kappa shape index (κ1) is 18.7. The summed E-state index contributed by atoms with van der Waals surface area (Å²) in [5.74, 6) is 0.643. The molecule has 0 aromatic heterocycles. The van der Waals surface area contributed by atoms with Crippen molar-refractivity contribution in [2.24, 2.45) is 17.8 Å². The molecule has 0 amide bonds. The van der Waals surface area contributed by atoms with Crippen molar-refractivity contribution in [3.8, 4) is 0 Å². The zero-order valence-electron chi connectivity index (χ0n) is 15.1. The Bertz CT molecular complexity index is 492. The van der Waals surface area contributed by atoms with E-state index in [4.69, 9.17) is 9.84 Å². The Hall–Kier alpha value is -1.13. The lowest BCUT2D eigenvalue weighted by atomic mass is 9.77. The molecule has 4 heteroatoms. The van der Waals surface area contributed by atoms with Crippen LogP contribution < -0.4 is 0 Å². The number of hydrogen-bond donors (Lipinski definition) is 2. The van der Waals surface area contributed by atoms with Gasteiger partial charge >= 0.3 is 5.97 Å². The van der Waals surface area contributed by atoms with E-state index in [9.17, 15) is 9.90 Å². The summed E-state index contributed by atoms with van der Waals surface area (Å²) in [5.41, 5.74) is 0. The minimum atomic E-state index is -0.721. The van der Waals surface area contributed by atoms with Crippen molar-refractivity contribution in [2.45, 2.75) is 82.5 Å². The number of allylic oxidation sites excluding steroid dienone is 2. The summed E-state index contributed by atoms with van der Waals surface area (Å²) < 4.78 is 6.12. The van der Waals surface area contributed by atoms with Crippen LogP contribution in [0.4, 0.5) is 0 Å². The topological polar surface area (TPSA) is 66.8 Å². The van der Waals surface area contributed by atoms with E-state index < -0.39 is 5.97 Å². The van der Waals surface area contributed by atoms with Crippen LogP contribution in [0.5, 0.6) is 0 Å². The molecule has 1 saturated carbocycles. The third-order valence-corrected chi connectivity index (χ3v) is 6.24. The maximum atomic E-state index is 10.5. The lowest BCUT2D eigenvalue weighted by molar-refractivity contribution is -0.137. The summed E-state index contributed by atoms with van der Waals surface area (Å²) >= 11 is 0. The Morgan fingerprint density at radius 2 is 1.88 bits per heavy atom. The van der Waals surface area contributed by atoms with Gasteiger partial charge < -0.3 is 14.9 Å². The third kappa shape index (κ3) is 4.95. The standard InChI is InChI=1S/C21H32O4/c22-18(15-7-5-6-8-15)12-11-17-16(19-13-14-20(17)25-19)9-3-1-2-4-10-21(23)24/h1,3,11-12,15-20,22H,2,4-10,13-14H2,(H,23,24)/b3-1-,12-11+/t16-,17-,18?,19+,20+/m0/s1. The summed E-state index contributed by atoms with van der Waals surface area (Å²) in [7, 11) is 0. The van der Waals surface area contributed by atoms with Gasteiger partial charge in [-0.05, 0) is 56.8 Å². The molecule has 2 aliphatic heterocycles. The fourth-order valence-corrected chi connectivity index (χ4v) is 4.83. The second-order valence-corrected chi connectivity index (χ2v) is 7.94. The molecule has 1 aliphatic carbocycles. The predicted octanol–water partition coefficient (Wildman–Crippen LogP) is 4.09. The molecular formula is C21H32O4. The molecule has 0 aromatic rings. The third-order valence-electron chi connectivity index (χ3n) is 6.24. The van der Waals surface area contributed by atoms with Gasteiger partial charge in [0, 0.05) is 12.3 Å². The van der Waals surface area contributed by atoms with Gasteiger partial charge in [0.05, 0.1) is 18.3 Å². The van der Waals surface area contributed by atoms with E-state index >= 15 is 0 Å². The van der Waals surface area contributed by atoms with E-state index in [0.717, 1.165) is 38.5 Å². The molecule has 3 rings (SSSR count). The number of aliphatic hydroxyl groups is 1. The molecule has 25 heavy (non-hydrogen) atoms. The van der Waals surface area contributed by atoms with Gasteiger partial charge in [0.2, 0.25) is 0 Å². The van der Waals surface area contributed by atoms with E-state index in [1.807, 2.05) is 6.08 Å². The molecule has 5 atom stereocenters. The van der Waals surface area contributed by atoms with Gasteiger partial charge in [0.25, 0.3) is 0 Å². The SMILES string of the molecule is O=C(O)CCC/C=C\C[C@H]1[C@H](/C=C/C(O)C2CCCC2)[C@H]2CC[C@H]1O2. The normalized spacial score (nSPS) is 33.8. The van der Waals surface area contributed by atoms with Crippen LogP contribution in [-0.4, -0.2) is 34.5 Å². The van der Waals surface area contributed by atoms with E-state index in [-0.39, 0.29) is 12.5 Å². The van der Waals surface area contributed by atoms with Crippen LogP contribution in [0, 0.1) is 17.8 Å². The molecule has 1 unspecified atom stereocenters. The number of carboxylic acids is 1. The second kappa shape index (κ2) is 9.00. The Balaban J connectivity index is 1.49. The lowest BCUT2D eigenvalue weighted by Gasteiger charge is -2.25. The summed E-state index contributed by atoms with van der Waals surface area (Å²) in [6.07, 6.45) is 18.8. The highest BCUT2D eigenvalue weighted by Gasteiger charge is 2.46. The molecule has 3 aliphatic rings. The van der Waals surface area contributed by atoms with Crippen LogP contribution in [0.2, 0.25) is 0 Å². The molecule has 3 fully saturated rings. The summed E-state index contributed by atoms with van der Waals surface area (Å²) in [4.78, 5) is 10.5. The van der Waals surface area contributed by atoms with E-state index in [0.29, 0.717) is 36.4 Å². The Labute approximate surface area is 151 Å². The number of aliphatic carboxylic acids is 1. The monoisotopic (exact) mass is 348 g/mol. The summed E-state index contributed by atoms with van der Waals surface area (Å²) in [6, 6.07) is 0. The van der Waals surface area contributed by atoms with Gasteiger partial charge in [-0.2, -0.15) is 0 Å². The molecule has 0 aromatic carbocycles. The van der Waals surface area contributed by atoms with Crippen molar-refractivity contribution in [2.75, 3.05) is 0 Å². The van der Waals surface area contributed by atoms with Crippen molar-refractivity contribution in [1.82, 2.24) is 0 Å². The molecule has 140 valence electrons. The number of unbranched alkanes of at least 4 members (excludes halogenated alkanes) is 1. The van der Waals surface area contributed by atoms with E-state index in [1.165, 1.54) is 12.8 Å². The first-order valence-electron chi connectivity index (χ1n) is 10.0.